The van der Waals surface area contributed by atoms with Crippen LogP contribution in [0.25, 0.3) is 0 Å². The maximum atomic E-state index is 13.6. The van der Waals surface area contributed by atoms with Gasteiger partial charge in [0.25, 0.3) is 0 Å². The number of nitrogens with two attached hydrogens (primary N) is 1. The third-order valence-corrected chi connectivity index (χ3v) is 3.53. The molecule has 3 N–H and O–H groups in total. The second-order valence-corrected chi connectivity index (χ2v) is 4.89. The summed E-state index contributed by atoms with van der Waals surface area (Å²) in [4.78, 5) is 8.67. The van der Waals surface area contributed by atoms with Gasteiger partial charge in [-0.3, -0.25) is 5.43 Å². The minimum atomic E-state index is -0.458. The van der Waals surface area contributed by atoms with Crippen molar-refractivity contribution in [3.05, 3.63) is 41.3 Å². The van der Waals surface area contributed by atoms with E-state index in [4.69, 9.17) is 5.84 Å². The van der Waals surface area contributed by atoms with Gasteiger partial charge in [-0.25, -0.2) is 20.2 Å². The molecule has 6 heteroatoms. The fourth-order valence-corrected chi connectivity index (χ4v) is 2.38. The Kier molecular flexibility index (Phi) is 3.78. The average Bonchev–Trinajstić information content (AvgIpc) is 2.36. The van der Waals surface area contributed by atoms with Crippen molar-refractivity contribution in [3.8, 4) is 0 Å². The Bertz CT molecular complexity index is 574. The van der Waals surface area contributed by atoms with E-state index < -0.39 is 5.82 Å². The first-order valence-electron chi connectivity index (χ1n) is 5.34. The number of nitrogen functional groups attached to an aromatic ring is 1. The summed E-state index contributed by atoms with van der Waals surface area (Å²) >= 11 is 1.26. The van der Waals surface area contributed by atoms with Crippen LogP contribution < -0.4 is 11.3 Å². The summed E-state index contributed by atoms with van der Waals surface area (Å²) < 4.78 is 13.6. The van der Waals surface area contributed by atoms with Crippen molar-refractivity contribution in [1.29, 1.82) is 0 Å². The van der Waals surface area contributed by atoms with Gasteiger partial charge in [0, 0.05) is 4.90 Å². The number of halogens is 1. The van der Waals surface area contributed by atoms with Gasteiger partial charge >= 0.3 is 0 Å². The van der Waals surface area contributed by atoms with Crippen molar-refractivity contribution in [2.45, 2.75) is 23.8 Å². The Morgan fingerprint density at radius 1 is 1.33 bits per heavy atom. The van der Waals surface area contributed by atoms with Crippen LogP contribution in [0.1, 0.15) is 11.1 Å². The number of hydrazine groups is 1. The first-order valence-corrected chi connectivity index (χ1v) is 6.16. The molecule has 2 aromatic rings. The predicted molar refractivity (Wildman–Crippen MR) is 69.8 cm³/mol. The highest BCUT2D eigenvalue weighted by Crippen LogP contribution is 2.31. The molecule has 1 heterocycles. The molecule has 0 saturated heterocycles. The van der Waals surface area contributed by atoms with Crippen molar-refractivity contribution in [3.63, 3.8) is 0 Å². The minimum Gasteiger partial charge on any atom is -0.292 e. The van der Waals surface area contributed by atoms with Crippen LogP contribution in [0.3, 0.4) is 0 Å². The highest BCUT2D eigenvalue weighted by molar-refractivity contribution is 7.99. The summed E-state index contributed by atoms with van der Waals surface area (Å²) in [7, 11) is 0. The molecule has 0 radical (unpaired) electrons. The van der Waals surface area contributed by atoms with Crippen molar-refractivity contribution < 1.29 is 4.39 Å². The lowest BCUT2D eigenvalue weighted by Crippen LogP contribution is -2.11. The average molecular weight is 264 g/mol. The van der Waals surface area contributed by atoms with Crippen LogP contribution >= 0.6 is 11.8 Å². The zero-order chi connectivity index (χ0) is 13.1. The number of rotatable bonds is 3. The van der Waals surface area contributed by atoms with Gasteiger partial charge in [0.15, 0.2) is 5.82 Å². The van der Waals surface area contributed by atoms with Crippen LogP contribution in [0, 0.1) is 19.7 Å². The SMILES string of the molecule is Cc1ccc(C)c(Sc2nc(NN)ncc2F)c1. The second-order valence-electron chi connectivity index (χ2n) is 3.86. The van der Waals surface area contributed by atoms with Crippen LogP contribution in [0.15, 0.2) is 34.3 Å². The molecule has 0 unspecified atom stereocenters. The first kappa shape index (κ1) is 12.8. The molecule has 4 nitrogen and oxygen atoms in total. The minimum absolute atomic E-state index is 0.198. The normalized spacial score (nSPS) is 10.4. The van der Waals surface area contributed by atoms with Gasteiger partial charge in [0.1, 0.15) is 5.03 Å². The Balaban J connectivity index is 2.36. The van der Waals surface area contributed by atoms with E-state index in [0.29, 0.717) is 0 Å². The monoisotopic (exact) mass is 264 g/mol. The molecule has 0 fully saturated rings. The topological polar surface area (TPSA) is 63.8 Å². The van der Waals surface area contributed by atoms with Gasteiger partial charge in [0.2, 0.25) is 5.95 Å². The molecule has 94 valence electrons. The third kappa shape index (κ3) is 2.77. The molecule has 0 saturated carbocycles. The summed E-state index contributed by atoms with van der Waals surface area (Å²) in [5.74, 6) is 4.95. The summed E-state index contributed by atoms with van der Waals surface area (Å²) in [5, 5.41) is 0.256. The van der Waals surface area contributed by atoms with Gasteiger partial charge in [-0.2, -0.15) is 0 Å². The number of nitrogens with zero attached hydrogens (tertiary/aromatic N) is 2. The lowest BCUT2D eigenvalue weighted by Gasteiger charge is -2.07. The van der Waals surface area contributed by atoms with Crippen molar-refractivity contribution in [2.75, 3.05) is 5.43 Å². The highest BCUT2D eigenvalue weighted by atomic mass is 32.2. The molecule has 1 aromatic heterocycles. The molecule has 2 rings (SSSR count). The fourth-order valence-electron chi connectivity index (χ4n) is 1.41. The van der Waals surface area contributed by atoms with E-state index in [1.165, 1.54) is 11.8 Å². The van der Waals surface area contributed by atoms with Gasteiger partial charge in [-0.05, 0) is 31.0 Å². The fraction of sp³-hybridized carbons (Fsp3) is 0.167. The van der Waals surface area contributed by atoms with E-state index in [2.05, 4.69) is 15.4 Å². The highest BCUT2D eigenvalue weighted by Gasteiger charge is 2.10. The first-order chi connectivity index (χ1) is 8.60. The summed E-state index contributed by atoms with van der Waals surface area (Å²) in [6.45, 7) is 3.97. The molecule has 0 amide bonds. The number of nitrogens with one attached hydrogen (secondary N) is 1. The van der Waals surface area contributed by atoms with Crippen LogP contribution in [0.4, 0.5) is 10.3 Å². The molecular weight excluding hydrogens is 251 g/mol. The van der Waals surface area contributed by atoms with Crippen molar-refractivity contribution in [1.82, 2.24) is 9.97 Å². The summed E-state index contributed by atoms with van der Waals surface area (Å²) in [5.41, 5.74) is 4.50. The Morgan fingerprint density at radius 2 is 2.11 bits per heavy atom. The van der Waals surface area contributed by atoms with Gasteiger partial charge in [-0.1, -0.05) is 23.9 Å². The zero-order valence-corrected chi connectivity index (χ0v) is 10.9. The molecule has 0 bridgehead atoms. The quantitative estimate of drug-likeness (QED) is 0.507. The van der Waals surface area contributed by atoms with E-state index >= 15 is 0 Å². The van der Waals surface area contributed by atoms with Gasteiger partial charge in [0.05, 0.1) is 6.20 Å². The molecule has 0 aliphatic heterocycles. The molecule has 0 aliphatic rings. The number of hydrogen-bond donors (Lipinski definition) is 2. The van der Waals surface area contributed by atoms with Crippen molar-refractivity contribution >= 4 is 17.7 Å². The number of aryl methyl sites for hydroxylation is 2. The Labute approximate surface area is 109 Å². The van der Waals surface area contributed by atoms with Gasteiger partial charge in [-0.15, -0.1) is 0 Å². The lowest BCUT2D eigenvalue weighted by molar-refractivity contribution is 0.580. The molecular formula is C12H13FN4S. The molecule has 0 atom stereocenters. The molecule has 0 spiro atoms. The van der Waals surface area contributed by atoms with E-state index in [9.17, 15) is 4.39 Å². The maximum absolute atomic E-state index is 13.6. The third-order valence-electron chi connectivity index (χ3n) is 2.39. The molecule has 18 heavy (non-hydrogen) atoms. The smallest absolute Gasteiger partial charge is 0.238 e. The number of benzene rings is 1. The predicted octanol–water partition coefficient (Wildman–Crippen LogP) is 2.67. The standard InChI is InChI=1S/C12H13FN4S/c1-7-3-4-8(2)10(5-7)18-11-9(13)6-15-12(16-11)17-14/h3-6H,14H2,1-2H3,(H,15,16,17). The summed E-state index contributed by atoms with van der Waals surface area (Å²) in [6.07, 6.45) is 1.11. The Hall–Kier alpha value is -1.66. The lowest BCUT2D eigenvalue weighted by atomic mass is 10.2. The van der Waals surface area contributed by atoms with E-state index in [1.807, 2.05) is 32.0 Å². The van der Waals surface area contributed by atoms with Gasteiger partial charge < -0.3 is 0 Å². The van der Waals surface area contributed by atoms with E-state index in [1.54, 1.807) is 0 Å². The number of hydrogen-bond acceptors (Lipinski definition) is 5. The maximum Gasteiger partial charge on any atom is 0.238 e. The number of anilines is 1. The molecule has 1 aromatic carbocycles. The number of aromatic nitrogens is 2. The van der Waals surface area contributed by atoms with Crippen LogP contribution in [0.5, 0.6) is 0 Å². The van der Waals surface area contributed by atoms with Crippen LogP contribution in [-0.2, 0) is 0 Å². The van der Waals surface area contributed by atoms with E-state index in [-0.39, 0.29) is 11.0 Å². The summed E-state index contributed by atoms with van der Waals surface area (Å²) in [6, 6.07) is 6.01. The van der Waals surface area contributed by atoms with Crippen LogP contribution in [-0.4, -0.2) is 9.97 Å². The zero-order valence-electron chi connectivity index (χ0n) is 10.1. The van der Waals surface area contributed by atoms with Crippen LogP contribution in [0.2, 0.25) is 0 Å². The largest absolute Gasteiger partial charge is 0.292 e. The molecule has 0 aliphatic carbocycles. The van der Waals surface area contributed by atoms with Crippen molar-refractivity contribution in [2.24, 2.45) is 5.84 Å². The second kappa shape index (κ2) is 5.32. The Morgan fingerprint density at radius 3 is 2.83 bits per heavy atom. The van der Waals surface area contributed by atoms with E-state index in [0.717, 1.165) is 22.2 Å².